The molecule has 0 spiro atoms. The van der Waals surface area contributed by atoms with Crippen LogP contribution < -0.4 is 4.90 Å². The molecule has 0 aliphatic heterocycles. The van der Waals surface area contributed by atoms with Crippen molar-refractivity contribution >= 4 is 71.2 Å². The van der Waals surface area contributed by atoms with E-state index in [2.05, 4.69) is 228 Å². The maximum atomic E-state index is 2.40. The van der Waals surface area contributed by atoms with Gasteiger partial charge in [0.05, 0.1) is 11.0 Å². The smallest absolute Gasteiger partial charge is 0.0541 e. The summed E-state index contributed by atoms with van der Waals surface area (Å²) in [4.78, 5) is 2.30. The molecule has 0 amide bonds. The first-order chi connectivity index (χ1) is 27.8. The van der Waals surface area contributed by atoms with Crippen molar-refractivity contribution in [2.75, 3.05) is 4.90 Å². The molecular formula is C54H36N2. The first-order valence-electron chi connectivity index (χ1n) is 19.3. The summed E-state index contributed by atoms with van der Waals surface area (Å²) in [7, 11) is 0. The van der Waals surface area contributed by atoms with E-state index in [4.69, 9.17) is 0 Å². The molecule has 0 aliphatic carbocycles. The summed E-state index contributed by atoms with van der Waals surface area (Å²) in [6.07, 6.45) is 0. The summed E-state index contributed by atoms with van der Waals surface area (Å²) < 4.78 is 2.38. The molecule has 0 atom stereocenters. The second-order valence-corrected chi connectivity index (χ2v) is 14.5. The molecule has 1 aromatic heterocycles. The molecule has 56 heavy (non-hydrogen) atoms. The standard InChI is InChI=1S/C54H36N2/c1-4-14-41(15-5-1)55(42-16-6-2-7-17-42)44-29-24-37(25-30-44)38-26-31-47-48-32-27-39(35-51(48)46-21-11-10-20-45(46)50(47)34-38)40-28-33-54-52(36-40)49-22-12-13-23-53(49)56(54)43-18-8-3-9-19-43/h1-36H. The van der Waals surface area contributed by atoms with E-state index >= 15 is 0 Å². The number of rotatable bonds is 6. The molecule has 11 aromatic rings. The van der Waals surface area contributed by atoms with E-state index in [0.717, 1.165) is 17.1 Å². The van der Waals surface area contributed by atoms with Gasteiger partial charge in [0.2, 0.25) is 0 Å². The molecule has 2 nitrogen and oxygen atoms in total. The third-order valence-electron chi connectivity index (χ3n) is 11.3. The zero-order valence-corrected chi connectivity index (χ0v) is 30.7. The van der Waals surface area contributed by atoms with Gasteiger partial charge in [-0.15, -0.1) is 0 Å². The molecule has 11 rings (SSSR count). The van der Waals surface area contributed by atoms with Crippen LogP contribution in [0.25, 0.3) is 82.1 Å². The van der Waals surface area contributed by atoms with E-state index < -0.39 is 0 Å². The van der Waals surface area contributed by atoms with Crippen LogP contribution in [0, 0.1) is 0 Å². The molecule has 2 heteroatoms. The lowest BCUT2D eigenvalue weighted by molar-refractivity contribution is 1.18. The van der Waals surface area contributed by atoms with Crippen molar-refractivity contribution in [1.82, 2.24) is 4.57 Å². The topological polar surface area (TPSA) is 8.17 Å². The Kier molecular flexibility index (Phi) is 7.53. The number of para-hydroxylation sites is 4. The molecule has 0 bridgehead atoms. The molecule has 0 aliphatic rings. The minimum Gasteiger partial charge on any atom is -0.311 e. The molecule has 0 saturated heterocycles. The molecule has 0 N–H and O–H groups in total. The Balaban J connectivity index is 1.01. The molecule has 0 radical (unpaired) electrons. The van der Waals surface area contributed by atoms with Gasteiger partial charge in [-0.3, -0.25) is 0 Å². The Morgan fingerprint density at radius 3 is 1.23 bits per heavy atom. The monoisotopic (exact) mass is 712 g/mol. The predicted octanol–water partition coefficient (Wildman–Crippen LogP) is 15.0. The van der Waals surface area contributed by atoms with Crippen molar-refractivity contribution < 1.29 is 0 Å². The summed E-state index contributed by atoms with van der Waals surface area (Å²) in [6.45, 7) is 0. The second kappa shape index (κ2) is 13.2. The van der Waals surface area contributed by atoms with Gasteiger partial charge in [-0.2, -0.15) is 0 Å². The Morgan fingerprint density at radius 1 is 0.250 bits per heavy atom. The SMILES string of the molecule is c1ccc(N(c2ccccc2)c2ccc(-c3ccc4c5ccc(-c6ccc7c(c6)c6ccccc6n7-c6ccccc6)cc5c5ccccc5c4c3)cc2)cc1. The van der Waals surface area contributed by atoms with Crippen molar-refractivity contribution in [3.05, 3.63) is 218 Å². The van der Waals surface area contributed by atoms with E-state index in [9.17, 15) is 0 Å². The fraction of sp³-hybridized carbons (Fsp3) is 0. The van der Waals surface area contributed by atoms with Crippen LogP contribution in [-0.2, 0) is 0 Å². The predicted molar refractivity (Wildman–Crippen MR) is 239 cm³/mol. The van der Waals surface area contributed by atoms with Gasteiger partial charge in [-0.25, -0.2) is 0 Å². The number of benzene rings is 10. The molecule has 0 fully saturated rings. The fourth-order valence-electron chi connectivity index (χ4n) is 8.73. The summed E-state index contributed by atoms with van der Waals surface area (Å²) in [5, 5.41) is 10.2. The minimum atomic E-state index is 1.13. The van der Waals surface area contributed by atoms with E-state index in [1.165, 1.54) is 82.1 Å². The lowest BCUT2D eigenvalue weighted by Crippen LogP contribution is -2.09. The van der Waals surface area contributed by atoms with Crippen LogP contribution in [0.15, 0.2) is 218 Å². The largest absolute Gasteiger partial charge is 0.311 e. The van der Waals surface area contributed by atoms with Crippen LogP contribution in [0.1, 0.15) is 0 Å². The molecular weight excluding hydrogens is 677 g/mol. The first kappa shape index (κ1) is 32.0. The Hall–Kier alpha value is -7.42. The number of hydrogen-bond acceptors (Lipinski definition) is 1. The quantitative estimate of drug-likeness (QED) is 0.156. The average Bonchev–Trinajstić information content (AvgIpc) is 3.61. The second-order valence-electron chi connectivity index (χ2n) is 14.5. The summed E-state index contributed by atoms with van der Waals surface area (Å²) >= 11 is 0. The third kappa shape index (κ3) is 5.26. The number of fused-ring (bicyclic) bond motifs is 9. The van der Waals surface area contributed by atoms with Gasteiger partial charge >= 0.3 is 0 Å². The van der Waals surface area contributed by atoms with Crippen LogP contribution in [0.2, 0.25) is 0 Å². The normalized spacial score (nSPS) is 11.6. The van der Waals surface area contributed by atoms with E-state index in [1.54, 1.807) is 0 Å². The van der Waals surface area contributed by atoms with Crippen molar-refractivity contribution in [3.8, 4) is 27.9 Å². The number of aromatic nitrogens is 1. The number of anilines is 3. The summed E-state index contributed by atoms with van der Waals surface area (Å²) in [5.41, 5.74) is 11.8. The zero-order chi connectivity index (χ0) is 37.0. The van der Waals surface area contributed by atoms with Crippen molar-refractivity contribution in [2.24, 2.45) is 0 Å². The summed E-state index contributed by atoms with van der Waals surface area (Å²) in [5.74, 6) is 0. The molecule has 0 saturated carbocycles. The van der Waals surface area contributed by atoms with Crippen LogP contribution >= 0.6 is 0 Å². The maximum absolute atomic E-state index is 2.40. The van der Waals surface area contributed by atoms with E-state index in [0.29, 0.717) is 0 Å². The van der Waals surface area contributed by atoms with Crippen molar-refractivity contribution in [3.63, 3.8) is 0 Å². The Bertz CT molecular complexity index is 3160. The molecule has 1 heterocycles. The van der Waals surface area contributed by atoms with Crippen LogP contribution in [0.4, 0.5) is 17.1 Å². The van der Waals surface area contributed by atoms with Gasteiger partial charge in [0, 0.05) is 33.5 Å². The molecule has 262 valence electrons. The lowest BCUT2D eigenvalue weighted by atomic mass is 9.90. The van der Waals surface area contributed by atoms with E-state index in [1.807, 2.05) is 0 Å². The summed E-state index contributed by atoms with van der Waals surface area (Å²) in [6, 6.07) is 79.3. The van der Waals surface area contributed by atoms with Crippen LogP contribution in [0.5, 0.6) is 0 Å². The van der Waals surface area contributed by atoms with Crippen LogP contribution in [-0.4, -0.2) is 4.57 Å². The van der Waals surface area contributed by atoms with Crippen molar-refractivity contribution in [1.29, 1.82) is 0 Å². The van der Waals surface area contributed by atoms with Gasteiger partial charge in [0.15, 0.2) is 0 Å². The first-order valence-corrected chi connectivity index (χ1v) is 19.3. The van der Waals surface area contributed by atoms with Crippen molar-refractivity contribution in [2.45, 2.75) is 0 Å². The highest BCUT2D eigenvalue weighted by Gasteiger charge is 2.16. The molecule has 0 unspecified atom stereocenters. The average molecular weight is 713 g/mol. The fourth-order valence-corrected chi connectivity index (χ4v) is 8.73. The van der Waals surface area contributed by atoms with Gasteiger partial charge in [-0.05, 0) is 133 Å². The number of hydrogen-bond donors (Lipinski definition) is 0. The van der Waals surface area contributed by atoms with E-state index in [-0.39, 0.29) is 0 Å². The minimum absolute atomic E-state index is 1.13. The third-order valence-corrected chi connectivity index (χ3v) is 11.3. The zero-order valence-electron chi connectivity index (χ0n) is 30.7. The maximum Gasteiger partial charge on any atom is 0.0541 e. The van der Waals surface area contributed by atoms with Gasteiger partial charge < -0.3 is 9.47 Å². The Morgan fingerprint density at radius 2 is 0.643 bits per heavy atom. The van der Waals surface area contributed by atoms with Gasteiger partial charge in [0.1, 0.15) is 0 Å². The van der Waals surface area contributed by atoms with Crippen LogP contribution in [0.3, 0.4) is 0 Å². The highest BCUT2D eigenvalue weighted by Crippen LogP contribution is 2.41. The highest BCUT2D eigenvalue weighted by molar-refractivity contribution is 6.26. The lowest BCUT2D eigenvalue weighted by Gasteiger charge is -2.25. The Labute approximate surface area is 325 Å². The van der Waals surface area contributed by atoms with Gasteiger partial charge in [-0.1, -0.05) is 140 Å². The van der Waals surface area contributed by atoms with Gasteiger partial charge in [0.25, 0.3) is 0 Å². The highest BCUT2D eigenvalue weighted by atomic mass is 15.1. The number of nitrogens with zero attached hydrogens (tertiary/aromatic N) is 2. The molecule has 10 aromatic carbocycles.